The first-order valence-corrected chi connectivity index (χ1v) is 8.75. The second kappa shape index (κ2) is 6.48. The van der Waals surface area contributed by atoms with Gasteiger partial charge in [0.25, 0.3) is 0 Å². The average molecular weight is 334 g/mol. The number of pyridine rings is 1. The van der Waals surface area contributed by atoms with Crippen molar-refractivity contribution in [3.63, 3.8) is 0 Å². The van der Waals surface area contributed by atoms with Crippen molar-refractivity contribution in [3.05, 3.63) is 17.3 Å². The lowest BCUT2D eigenvalue weighted by Crippen LogP contribution is -2.40. The Hall–Kier alpha value is -0.890. The summed E-state index contributed by atoms with van der Waals surface area (Å²) >= 11 is 6.03. The second-order valence-corrected chi connectivity index (χ2v) is 7.43. The van der Waals surface area contributed by atoms with Crippen LogP contribution in [0.25, 0.3) is 0 Å². The van der Waals surface area contributed by atoms with Crippen molar-refractivity contribution in [1.82, 2.24) is 9.71 Å². The third-order valence-corrected chi connectivity index (χ3v) is 5.06. The standard InChI is InChI=1S/C13H20ClN3O3S/c1-3-15-12-11(14)7-10(8-16-12)21(18,19)17-9-13(2)5-4-6-20-13/h7-8,17H,3-6,9H2,1-2H3,(H,15,16). The van der Waals surface area contributed by atoms with E-state index in [1.165, 1.54) is 12.3 Å². The van der Waals surface area contributed by atoms with E-state index in [9.17, 15) is 8.42 Å². The predicted octanol–water partition coefficient (Wildman–Crippen LogP) is 2.01. The first-order valence-electron chi connectivity index (χ1n) is 6.89. The molecule has 1 aromatic heterocycles. The fraction of sp³-hybridized carbons (Fsp3) is 0.615. The SMILES string of the molecule is CCNc1ncc(S(=O)(=O)NCC2(C)CCCO2)cc1Cl. The Labute approximate surface area is 130 Å². The maximum absolute atomic E-state index is 12.3. The monoisotopic (exact) mass is 333 g/mol. The zero-order chi connectivity index (χ0) is 15.5. The van der Waals surface area contributed by atoms with Gasteiger partial charge in [0.05, 0.1) is 10.6 Å². The Kier molecular flexibility index (Phi) is 5.08. The van der Waals surface area contributed by atoms with Crippen molar-refractivity contribution in [2.45, 2.75) is 37.2 Å². The molecule has 2 rings (SSSR count). The molecule has 0 radical (unpaired) electrons. The van der Waals surface area contributed by atoms with Crippen molar-refractivity contribution in [1.29, 1.82) is 0 Å². The molecule has 1 aliphatic rings. The zero-order valence-electron chi connectivity index (χ0n) is 12.1. The van der Waals surface area contributed by atoms with Crippen LogP contribution < -0.4 is 10.0 Å². The highest BCUT2D eigenvalue weighted by atomic mass is 35.5. The molecule has 1 aromatic rings. The number of halogens is 1. The van der Waals surface area contributed by atoms with Crippen LogP contribution >= 0.6 is 11.6 Å². The highest BCUT2D eigenvalue weighted by Gasteiger charge is 2.31. The van der Waals surface area contributed by atoms with Crippen LogP contribution in [-0.2, 0) is 14.8 Å². The molecule has 1 saturated heterocycles. The summed E-state index contributed by atoms with van der Waals surface area (Å²) in [5, 5.41) is 3.24. The minimum atomic E-state index is -3.64. The van der Waals surface area contributed by atoms with E-state index in [1.54, 1.807) is 0 Å². The minimum Gasteiger partial charge on any atom is -0.374 e. The van der Waals surface area contributed by atoms with Crippen LogP contribution in [0.3, 0.4) is 0 Å². The molecule has 6 nitrogen and oxygen atoms in total. The lowest BCUT2D eigenvalue weighted by Gasteiger charge is -2.23. The smallest absolute Gasteiger partial charge is 0.242 e. The summed E-state index contributed by atoms with van der Waals surface area (Å²) in [5.74, 6) is 0.476. The molecule has 118 valence electrons. The van der Waals surface area contributed by atoms with E-state index in [0.29, 0.717) is 19.0 Å². The summed E-state index contributed by atoms with van der Waals surface area (Å²) in [7, 11) is -3.64. The molecule has 21 heavy (non-hydrogen) atoms. The molecular formula is C13H20ClN3O3S. The Morgan fingerprint density at radius 2 is 2.29 bits per heavy atom. The number of nitrogens with zero attached hydrogens (tertiary/aromatic N) is 1. The van der Waals surface area contributed by atoms with Crippen molar-refractivity contribution < 1.29 is 13.2 Å². The van der Waals surface area contributed by atoms with Crippen molar-refractivity contribution in [3.8, 4) is 0 Å². The average Bonchev–Trinajstić information content (AvgIpc) is 2.87. The first-order chi connectivity index (χ1) is 9.86. The topological polar surface area (TPSA) is 80.3 Å². The van der Waals surface area contributed by atoms with Gasteiger partial charge in [-0.3, -0.25) is 0 Å². The highest BCUT2D eigenvalue weighted by molar-refractivity contribution is 7.89. The maximum atomic E-state index is 12.3. The van der Waals surface area contributed by atoms with E-state index in [1.807, 2.05) is 13.8 Å². The number of aromatic nitrogens is 1. The number of hydrogen-bond donors (Lipinski definition) is 2. The van der Waals surface area contributed by atoms with E-state index in [-0.39, 0.29) is 16.5 Å². The van der Waals surface area contributed by atoms with Crippen molar-refractivity contribution in [2.75, 3.05) is 25.0 Å². The van der Waals surface area contributed by atoms with E-state index in [0.717, 1.165) is 12.8 Å². The van der Waals surface area contributed by atoms with Gasteiger partial charge in [0.2, 0.25) is 10.0 Å². The molecule has 0 aliphatic carbocycles. The Balaban J connectivity index is 2.10. The molecule has 1 unspecified atom stereocenters. The zero-order valence-corrected chi connectivity index (χ0v) is 13.7. The Morgan fingerprint density at radius 3 is 2.86 bits per heavy atom. The Morgan fingerprint density at radius 1 is 1.52 bits per heavy atom. The molecule has 0 aromatic carbocycles. The van der Waals surface area contributed by atoms with Gasteiger partial charge in [0, 0.05) is 25.9 Å². The molecule has 2 N–H and O–H groups in total. The quantitative estimate of drug-likeness (QED) is 0.832. The fourth-order valence-electron chi connectivity index (χ4n) is 2.17. The summed E-state index contributed by atoms with van der Waals surface area (Å²) in [4.78, 5) is 4.09. The van der Waals surface area contributed by atoms with Gasteiger partial charge < -0.3 is 10.1 Å². The number of sulfonamides is 1. The summed E-state index contributed by atoms with van der Waals surface area (Å²) in [6.45, 7) is 5.38. The van der Waals surface area contributed by atoms with Crippen LogP contribution in [0.2, 0.25) is 5.02 Å². The molecule has 1 atom stereocenters. The number of nitrogens with one attached hydrogen (secondary N) is 2. The maximum Gasteiger partial charge on any atom is 0.242 e. The molecule has 0 spiro atoms. The van der Waals surface area contributed by atoms with Crippen LogP contribution in [0.15, 0.2) is 17.2 Å². The van der Waals surface area contributed by atoms with Crippen LogP contribution in [0.1, 0.15) is 26.7 Å². The van der Waals surface area contributed by atoms with Gasteiger partial charge in [-0.25, -0.2) is 18.1 Å². The highest BCUT2D eigenvalue weighted by Crippen LogP contribution is 2.25. The van der Waals surface area contributed by atoms with Crippen LogP contribution in [0.4, 0.5) is 5.82 Å². The second-order valence-electron chi connectivity index (χ2n) is 5.26. The van der Waals surface area contributed by atoms with Crippen molar-refractivity contribution in [2.24, 2.45) is 0 Å². The number of anilines is 1. The van der Waals surface area contributed by atoms with Crippen LogP contribution in [0, 0.1) is 0 Å². The first kappa shape index (κ1) is 16.5. The summed E-state index contributed by atoms with van der Waals surface area (Å²) in [6, 6.07) is 1.40. The molecule has 8 heteroatoms. The van der Waals surface area contributed by atoms with Gasteiger partial charge in [-0.05, 0) is 32.8 Å². The minimum absolute atomic E-state index is 0.0516. The summed E-state index contributed by atoms with van der Waals surface area (Å²) < 4.78 is 32.7. The number of hydrogen-bond acceptors (Lipinski definition) is 5. The molecule has 0 saturated carbocycles. The third kappa shape index (κ3) is 4.06. The van der Waals surface area contributed by atoms with Gasteiger partial charge in [-0.15, -0.1) is 0 Å². The molecular weight excluding hydrogens is 314 g/mol. The third-order valence-electron chi connectivity index (χ3n) is 3.41. The number of rotatable bonds is 6. The van der Waals surface area contributed by atoms with Crippen LogP contribution in [0.5, 0.6) is 0 Å². The van der Waals surface area contributed by atoms with Crippen LogP contribution in [-0.4, -0.2) is 38.7 Å². The van der Waals surface area contributed by atoms with Crippen molar-refractivity contribution >= 4 is 27.4 Å². The van der Waals surface area contributed by atoms with E-state index < -0.39 is 15.6 Å². The molecule has 0 bridgehead atoms. The lowest BCUT2D eigenvalue weighted by atomic mass is 10.0. The van der Waals surface area contributed by atoms with Gasteiger partial charge in [0.15, 0.2) is 0 Å². The van der Waals surface area contributed by atoms with E-state index in [2.05, 4.69) is 15.0 Å². The van der Waals surface area contributed by atoms with E-state index >= 15 is 0 Å². The summed E-state index contributed by atoms with van der Waals surface area (Å²) in [5.41, 5.74) is -0.437. The van der Waals surface area contributed by atoms with Gasteiger partial charge >= 0.3 is 0 Å². The molecule has 2 heterocycles. The Bertz CT molecular complexity index is 601. The lowest BCUT2D eigenvalue weighted by molar-refractivity contribution is 0.0250. The van der Waals surface area contributed by atoms with E-state index in [4.69, 9.17) is 16.3 Å². The normalized spacial score (nSPS) is 22.4. The van der Waals surface area contributed by atoms with Gasteiger partial charge in [-0.1, -0.05) is 11.6 Å². The number of ether oxygens (including phenoxy) is 1. The van der Waals surface area contributed by atoms with Gasteiger partial charge in [0.1, 0.15) is 10.7 Å². The molecule has 1 fully saturated rings. The largest absolute Gasteiger partial charge is 0.374 e. The van der Waals surface area contributed by atoms with Gasteiger partial charge in [-0.2, -0.15) is 0 Å². The predicted molar refractivity (Wildman–Crippen MR) is 82.2 cm³/mol. The molecule has 1 aliphatic heterocycles. The molecule has 0 amide bonds. The summed E-state index contributed by atoms with van der Waals surface area (Å²) in [6.07, 6.45) is 3.08. The fourth-order valence-corrected chi connectivity index (χ4v) is 3.60.